The molecule has 1 aliphatic heterocycles. The summed E-state index contributed by atoms with van der Waals surface area (Å²) in [4.78, 5) is 15.3. The summed E-state index contributed by atoms with van der Waals surface area (Å²) in [5.74, 6) is -1.22. The van der Waals surface area contributed by atoms with Gasteiger partial charge >= 0.3 is 0 Å². The fourth-order valence-electron chi connectivity index (χ4n) is 1.70. The molecule has 1 fully saturated rings. The highest BCUT2D eigenvalue weighted by Crippen LogP contribution is 2.10. The Kier molecular flexibility index (Phi) is 3.65. The number of aliphatic hydroxyl groups excluding tert-OH is 1. The van der Waals surface area contributed by atoms with Gasteiger partial charge in [0.25, 0.3) is 5.91 Å². The van der Waals surface area contributed by atoms with Crippen LogP contribution in [0.3, 0.4) is 0 Å². The third-order valence-electron chi connectivity index (χ3n) is 2.66. The topological polar surface area (TPSA) is 71.5 Å². The molecule has 2 rings (SSSR count). The van der Waals surface area contributed by atoms with Crippen molar-refractivity contribution in [2.45, 2.75) is 18.6 Å². The van der Waals surface area contributed by atoms with Crippen molar-refractivity contribution < 1.29 is 19.0 Å². The molecule has 2 atom stereocenters. The number of nitrogens with one attached hydrogen (secondary N) is 1. The molecule has 1 saturated heterocycles. The van der Waals surface area contributed by atoms with Gasteiger partial charge in [-0.25, -0.2) is 4.39 Å². The van der Waals surface area contributed by atoms with Crippen LogP contribution in [0.15, 0.2) is 18.5 Å². The van der Waals surface area contributed by atoms with Crippen molar-refractivity contribution in [1.82, 2.24) is 10.3 Å². The maximum absolute atomic E-state index is 13.3. The molecule has 1 aromatic heterocycles. The average Bonchev–Trinajstić information content (AvgIpc) is 2.32. The molecule has 0 bridgehead atoms. The number of carbonyl (C=O) groups is 1. The number of amides is 1. The van der Waals surface area contributed by atoms with Crippen LogP contribution in [0.2, 0.25) is 0 Å². The van der Waals surface area contributed by atoms with Gasteiger partial charge in [-0.3, -0.25) is 9.78 Å². The summed E-state index contributed by atoms with van der Waals surface area (Å²) in [5, 5.41) is 12.2. The van der Waals surface area contributed by atoms with E-state index in [0.29, 0.717) is 13.0 Å². The molecular formula is C11H13FN2O3. The van der Waals surface area contributed by atoms with Crippen LogP contribution in [0.5, 0.6) is 0 Å². The van der Waals surface area contributed by atoms with Crippen molar-refractivity contribution in [2.75, 3.05) is 13.2 Å². The van der Waals surface area contributed by atoms with Gasteiger partial charge in [0.2, 0.25) is 0 Å². The average molecular weight is 240 g/mol. The lowest BCUT2D eigenvalue weighted by Gasteiger charge is -2.28. The van der Waals surface area contributed by atoms with E-state index in [0.717, 1.165) is 6.20 Å². The third-order valence-corrected chi connectivity index (χ3v) is 2.66. The van der Waals surface area contributed by atoms with Gasteiger partial charge in [-0.05, 0) is 12.5 Å². The molecule has 0 aliphatic carbocycles. The highest BCUT2D eigenvalue weighted by Gasteiger charge is 2.26. The normalized spacial score (nSPS) is 24.4. The molecule has 0 aromatic carbocycles. The molecule has 0 unspecified atom stereocenters. The fraction of sp³-hybridized carbons (Fsp3) is 0.455. The van der Waals surface area contributed by atoms with Crippen LogP contribution in [-0.2, 0) is 4.74 Å². The maximum Gasteiger partial charge on any atom is 0.254 e. The van der Waals surface area contributed by atoms with E-state index < -0.39 is 23.9 Å². The molecule has 1 aliphatic rings. The highest BCUT2D eigenvalue weighted by molar-refractivity contribution is 5.94. The molecule has 1 aromatic rings. The first-order chi connectivity index (χ1) is 8.18. The minimum Gasteiger partial charge on any atom is -0.389 e. The number of hydrogen-bond acceptors (Lipinski definition) is 4. The minimum absolute atomic E-state index is 0.0707. The maximum atomic E-state index is 13.3. The van der Waals surface area contributed by atoms with Gasteiger partial charge < -0.3 is 15.2 Å². The van der Waals surface area contributed by atoms with Gasteiger partial charge in [0.15, 0.2) is 5.82 Å². The van der Waals surface area contributed by atoms with Crippen LogP contribution in [0.1, 0.15) is 16.8 Å². The lowest BCUT2D eigenvalue weighted by Crippen LogP contribution is -2.48. The van der Waals surface area contributed by atoms with Gasteiger partial charge in [0, 0.05) is 12.8 Å². The van der Waals surface area contributed by atoms with Crippen molar-refractivity contribution in [2.24, 2.45) is 0 Å². The Bertz CT molecular complexity index is 413. The largest absolute Gasteiger partial charge is 0.389 e. The number of carbonyl (C=O) groups excluding carboxylic acids is 1. The summed E-state index contributed by atoms with van der Waals surface area (Å²) in [6.07, 6.45) is 2.09. The molecule has 0 radical (unpaired) electrons. The lowest BCUT2D eigenvalue weighted by atomic mass is 10.1. The predicted molar refractivity (Wildman–Crippen MR) is 56.9 cm³/mol. The van der Waals surface area contributed by atoms with E-state index in [-0.39, 0.29) is 12.2 Å². The minimum atomic E-state index is -0.752. The first kappa shape index (κ1) is 11.9. The van der Waals surface area contributed by atoms with Gasteiger partial charge in [-0.1, -0.05) is 0 Å². The van der Waals surface area contributed by atoms with E-state index in [1.54, 1.807) is 0 Å². The van der Waals surface area contributed by atoms with Crippen LogP contribution in [0, 0.1) is 5.82 Å². The van der Waals surface area contributed by atoms with Crippen molar-refractivity contribution in [1.29, 1.82) is 0 Å². The number of nitrogens with zero attached hydrogens (tertiary/aromatic N) is 1. The number of hydrogen-bond donors (Lipinski definition) is 2. The number of ether oxygens (including phenoxy) is 1. The van der Waals surface area contributed by atoms with Gasteiger partial charge in [0.05, 0.1) is 30.5 Å². The number of aromatic nitrogens is 1. The molecule has 2 heterocycles. The quantitative estimate of drug-likeness (QED) is 0.769. The van der Waals surface area contributed by atoms with E-state index in [1.165, 1.54) is 12.3 Å². The predicted octanol–water partition coefficient (Wildman–Crippen LogP) is 0.100. The second-order valence-corrected chi connectivity index (χ2v) is 3.87. The second kappa shape index (κ2) is 5.20. The van der Waals surface area contributed by atoms with Gasteiger partial charge in [0.1, 0.15) is 0 Å². The molecule has 5 nitrogen and oxygen atoms in total. The van der Waals surface area contributed by atoms with Crippen molar-refractivity contribution in [3.8, 4) is 0 Å². The Hall–Kier alpha value is -1.53. The molecule has 2 N–H and O–H groups in total. The van der Waals surface area contributed by atoms with E-state index in [1.807, 2.05) is 0 Å². The smallest absolute Gasteiger partial charge is 0.254 e. The Balaban J connectivity index is 2.04. The van der Waals surface area contributed by atoms with Gasteiger partial charge in [-0.2, -0.15) is 0 Å². The summed E-state index contributed by atoms with van der Waals surface area (Å²) in [6, 6.07) is 0.903. The van der Waals surface area contributed by atoms with E-state index in [2.05, 4.69) is 10.3 Å². The fourth-order valence-corrected chi connectivity index (χ4v) is 1.70. The van der Waals surface area contributed by atoms with Crippen molar-refractivity contribution in [3.05, 3.63) is 29.8 Å². The molecule has 92 valence electrons. The summed E-state index contributed by atoms with van der Waals surface area (Å²) < 4.78 is 18.3. The van der Waals surface area contributed by atoms with Crippen LogP contribution in [0.4, 0.5) is 4.39 Å². The summed E-state index contributed by atoms with van der Waals surface area (Å²) in [5.41, 5.74) is -0.0707. The number of rotatable bonds is 2. The Morgan fingerprint density at radius 3 is 3.18 bits per heavy atom. The number of aliphatic hydroxyl groups is 1. The molecule has 0 saturated carbocycles. The first-order valence-corrected chi connectivity index (χ1v) is 5.34. The zero-order valence-electron chi connectivity index (χ0n) is 9.10. The van der Waals surface area contributed by atoms with Crippen molar-refractivity contribution in [3.63, 3.8) is 0 Å². The van der Waals surface area contributed by atoms with E-state index in [4.69, 9.17) is 4.74 Å². The summed E-state index contributed by atoms with van der Waals surface area (Å²) in [7, 11) is 0. The molecule has 17 heavy (non-hydrogen) atoms. The van der Waals surface area contributed by atoms with Crippen LogP contribution < -0.4 is 5.32 Å². The summed E-state index contributed by atoms with van der Waals surface area (Å²) in [6.45, 7) is 0.657. The van der Waals surface area contributed by atoms with E-state index in [9.17, 15) is 14.3 Å². The lowest BCUT2D eigenvalue weighted by molar-refractivity contribution is -0.0261. The van der Waals surface area contributed by atoms with Gasteiger partial charge in [-0.15, -0.1) is 0 Å². The zero-order valence-corrected chi connectivity index (χ0v) is 9.10. The van der Waals surface area contributed by atoms with Crippen molar-refractivity contribution >= 4 is 5.91 Å². The molecular weight excluding hydrogens is 227 g/mol. The standard InChI is InChI=1S/C11H13FN2O3/c12-8-5-13-3-1-7(8)11(16)14-9-2-4-17-6-10(9)15/h1,3,5,9-10,15H,2,4,6H2,(H,14,16)/t9-,10-/m1/s1. The summed E-state index contributed by atoms with van der Waals surface area (Å²) >= 11 is 0. The highest BCUT2D eigenvalue weighted by atomic mass is 19.1. The molecule has 6 heteroatoms. The van der Waals surface area contributed by atoms with Crippen LogP contribution in [-0.4, -0.2) is 41.4 Å². The van der Waals surface area contributed by atoms with Crippen LogP contribution >= 0.6 is 0 Å². The number of pyridine rings is 1. The Labute approximate surface area is 97.6 Å². The molecule has 0 spiro atoms. The van der Waals surface area contributed by atoms with E-state index >= 15 is 0 Å². The number of halogens is 1. The Morgan fingerprint density at radius 1 is 1.65 bits per heavy atom. The van der Waals surface area contributed by atoms with Crippen LogP contribution in [0.25, 0.3) is 0 Å². The SMILES string of the molecule is O=C(N[C@@H]1CCOC[C@H]1O)c1ccncc1F. The Morgan fingerprint density at radius 2 is 2.47 bits per heavy atom. The second-order valence-electron chi connectivity index (χ2n) is 3.87. The first-order valence-electron chi connectivity index (χ1n) is 5.34. The third kappa shape index (κ3) is 2.78. The molecule has 1 amide bonds. The zero-order chi connectivity index (χ0) is 12.3. The monoisotopic (exact) mass is 240 g/mol.